The summed E-state index contributed by atoms with van der Waals surface area (Å²) < 4.78 is 7.60. The van der Waals surface area contributed by atoms with E-state index in [4.69, 9.17) is 4.74 Å². The number of carbonyl (C=O) groups excluding carboxylic acids is 1. The summed E-state index contributed by atoms with van der Waals surface area (Å²) in [6, 6.07) is 7.75. The number of ether oxygens (including phenoxy) is 1. The third-order valence-corrected chi connectivity index (χ3v) is 4.06. The number of carbonyl (C=O) groups is 1. The first-order valence-corrected chi connectivity index (χ1v) is 7.83. The number of amides is 1. The molecule has 3 rings (SSSR count). The smallest absolute Gasteiger partial charge is 0.260 e. The molecule has 7 heteroatoms. The van der Waals surface area contributed by atoms with Crippen molar-refractivity contribution in [2.24, 2.45) is 7.05 Å². The molecule has 1 aromatic carbocycles. The predicted molar refractivity (Wildman–Crippen MR) is 95.9 cm³/mol. The first-order chi connectivity index (χ1) is 11.1. The molecule has 0 atom stereocenters. The number of hydrogen-bond donors (Lipinski definition) is 0. The number of aromatic nitrogens is 2. The minimum absolute atomic E-state index is 0. The number of benzene rings is 1. The largest absolute Gasteiger partial charge is 0.484 e. The van der Waals surface area contributed by atoms with E-state index in [-0.39, 0.29) is 24.9 Å². The lowest BCUT2D eigenvalue weighted by Crippen LogP contribution is -2.50. The average Bonchev–Trinajstić information content (AvgIpc) is 2.99. The van der Waals surface area contributed by atoms with Crippen molar-refractivity contribution in [1.82, 2.24) is 14.5 Å². The summed E-state index contributed by atoms with van der Waals surface area (Å²) >= 11 is 0. The molecule has 2 heterocycles. The number of imidazole rings is 1. The zero-order valence-electron chi connectivity index (χ0n) is 14.0. The molecule has 0 saturated carbocycles. The third-order valence-electron chi connectivity index (χ3n) is 4.06. The van der Waals surface area contributed by atoms with E-state index in [1.54, 1.807) is 6.20 Å². The van der Waals surface area contributed by atoms with E-state index in [9.17, 15) is 4.79 Å². The third kappa shape index (κ3) is 4.20. The van der Waals surface area contributed by atoms with Crippen molar-refractivity contribution in [3.8, 4) is 5.75 Å². The molecule has 0 N–H and O–H groups in total. The van der Waals surface area contributed by atoms with Crippen molar-refractivity contribution < 1.29 is 9.53 Å². The van der Waals surface area contributed by atoms with E-state index >= 15 is 0 Å². The number of piperazine rings is 1. The second-order valence-electron chi connectivity index (χ2n) is 5.81. The Bertz CT molecular complexity index is 681. The molecule has 1 fully saturated rings. The van der Waals surface area contributed by atoms with Crippen LogP contribution in [0.15, 0.2) is 36.7 Å². The van der Waals surface area contributed by atoms with Crippen LogP contribution in [-0.4, -0.2) is 53.1 Å². The molecule has 0 unspecified atom stereocenters. The summed E-state index contributed by atoms with van der Waals surface area (Å²) in [5.41, 5.74) is 1.12. The Morgan fingerprint density at radius 3 is 2.62 bits per heavy atom. The SMILES string of the molecule is Cc1cccc(OCC(=O)N2CCN(c3nccn3C)CC2)c1.Cl. The van der Waals surface area contributed by atoms with Crippen molar-refractivity contribution in [2.75, 3.05) is 37.7 Å². The van der Waals surface area contributed by atoms with E-state index in [1.165, 1.54) is 0 Å². The highest BCUT2D eigenvalue weighted by Gasteiger charge is 2.23. The molecule has 6 nitrogen and oxygen atoms in total. The van der Waals surface area contributed by atoms with Gasteiger partial charge in [-0.25, -0.2) is 4.98 Å². The van der Waals surface area contributed by atoms with Crippen LogP contribution in [0.4, 0.5) is 5.95 Å². The van der Waals surface area contributed by atoms with E-state index in [0.29, 0.717) is 13.1 Å². The van der Waals surface area contributed by atoms with Gasteiger partial charge in [0, 0.05) is 45.6 Å². The standard InChI is InChI=1S/C17H22N4O2.ClH/c1-14-4-3-5-15(12-14)23-13-16(22)20-8-10-21(11-9-20)17-18-6-7-19(17)2;/h3-7,12H,8-11,13H2,1-2H3;1H. The van der Waals surface area contributed by atoms with Crippen molar-refractivity contribution >= 4 is 24.3 Å². The van der Waals surface area contributed by atoms with Gasteiger partial charge in [-0.15, -0.1) is 12.4 Å². The zero-order chi connectivity index (χ0) is 16.2. The summed E-state index contributed by atoms with van der Waals surface area (Å²) in [4.78, 5) is 20.7. The first-order valence-electron chi connectivity index (χ1n) is 7.83. The van der Waals surface area contributed by atoms with Crippen molar-refractivity contribution in [3.63, 3.8) is 0 Å². The molecular weight excluding hydrogens is 328 g/mol. The number of hydrogen-bond acceptors (Lipinski definition) is 4. The Morgan fingerprint density at radius 2 is 2.00 bits per heavy atom. The molecular formula is C17H23ClN4O2. The van der Waals surface area contributed by atoms with Gasteiger partial charge in [-0.1, -0.05) is 12.1 Å². The van der Waals surface area contributed by atoms with E-state index in [1.807, 2.05) is 53.9 Å². The van der Waals surface area contributed by atoms with Crippen molar-refractivity contribution in [2.45, 2.75) is 6.92 Å². The fraction of sp³-hybridized carbons (Fsp3) is 0.412. The molecule has 130 valence electrons. The monoisotopic (exact) mass is 350 g/mol. The van der Waals surface area contributed by atoms with Crippen LogP contribution in [-0.2, 0) is 11.8 Å². The summed E-state index contributed by atoms with van der Waals surface area (Å²) in [5, 5.41) is 0. The van der Waals surface area contributed by atoms with Crippen LogP contribution in [0.3, 0.4) is 0 Å². The Labute approximate surface area is 148 Å². The molecule has 0 aliphatic carbocycles. The Kier molecular flexibility index (Phi) is 6.09. The molecule has 1 aliphatic heterocycles. The van der Waals surface area contributed by atoms with Crippen LogP contribution >= 0.6 is 12.4 Å². The normalized spacial score (nSPS) is 14.2. The maximum Gasteiger partial charge on any atom is 0.260 e. The van der Waals surface area contributed by atoms with Crippen molar-refractivity contribution in [1.29, 1.82) is 0 Å². The lowest BCUT2D eigenvalue weighted by atomic mass is 10.2. The lowest BCUT2D eigenvalue weighted by Gasteiger charge is -2.35. The van der Waals surface area contributed by atoms with Gasteiger partial charge < -0.3 is 19.1 Å². The van der Waals surface area contributed by atoms with Gasteiger partial charge in [0.25, 0.3) is 5.91 Å². The minimum Gasteiger partial charge on any atom is -0.484 e. The molecule has 0 spiro atoms. The van der Waals surface area contributed by atoms with Gasteiger partial charge in [-0.05, 0) is 24.6 Å². The fourth-order valence-electron chi connectivity index (χ4n) is 2.76. The molecule has 1 amide bonds. The van der Waals surface area contributed by atoms with E-state index in [0.717, 1.165) is 30.4 Å². The number of anilines is 1. The van der Waals surface area contributed by atoms with Crippen molar-refractivity contribution in [3.05, 3.63) is 42.2 Å². The van der Waals surface area contributed by atoms with E-state index < -0.39 is 0 Å². The molecule has 1 aromatic heterocycles. The maximum atomic E-state index is 12.3. The van der Waals surface area contributed by atoms with Crippen LogP contribution in [0, 0.1) is 6.92 Å². The van der Waals surface area contributed by atoms with Crippen LogP contribution in [0.25, 0.3) is 0 Å². The fourth-order valence-corrected chi connectivity index (χ4v) is 2.76. The Hall–Kier alpha value is -2.21. The second-order valence-corrected chi connectivity index (χ2v) is 5.81. The van der Waals surface area contributed by atoms with Crippen LogP contribution in [0.2, 0.25) is 0 Å². The van der Waals surface area contributed by atoms with Gasteiger partial charge in [0.2, 0.25) is 5.95 Å². The second kappa shape index (κ2) is 8.06. The number of aryl methyl sites for hydroxylation is 2. The predicted octanol–water partition coefficient (Wildman–Crippen LogP) is 1.88. The minimum atomic E-state index is 0. The molecule has 1 aliphatic rings. The molecule has 1 saturated heterocycles. The molecule has 2 aromatic rings. The highest BCUT2D eigenvalue weighted by molar-refractivity contribution is 5.85. The van der Waals surface area contributed by atoms with Crippen LogP contribution < -0.4 is 9.64 Å². The number of nitrogens with zero attached hydrogens (tertiary/aromatic N) is 4. The van der Waals surface area contributed by atoms with Gasteiger partial charge in [0.15, 0.2) is 6.61 Å². The highest BCUT2D eigenvalue weighted by Crippen LogP contribution is 2.14. The lowest BCUT2D eigenvalue weighted by molar-refractivity contribution is -0.133. The quantitative estimate of drug-likeness (QED) is 0.844. The topological polar surface area (TPSA) is 50.6 Å². The van der Waals surface area contributed by atoms with Gasteiger partial charge in [0.05, 0.1) is 0 Å². The Balaban J connectivity index is 0.00000208. The summed E-state index contributed by atoms with van der Waals surface area (Å²) in [6.07, 6.45) is 3.73. The number of rotatable bonds is 4. The van der Waals surface area contributed by atoms with Gasteiger partial charge >= 0.3 is 0 Å². The highest BCUT2D eigenvalue weighted by atomic mass is 35.5. The van der Waals surface area contributed by atoms with Crippen LogP contribution in [0.1, 0.15) is 5.56 Å². The molecule has 0 radical (unpaired) electrons. The van der Waals surface area contributed by atoms with Gasteiger partial charge in [-0.2, -0.15) is 0 Å². The zero-order valence-corrected chi connectivity index (χ0v) is 14.8. The van der Waals surface area contributed by atoms with E-state index in [2.05, 4.69) is 9.88 Å². The summed E-state index contributed by atoms with van der Waals surface area (Å²) in [7, 11) is 1.98. The molecule has 24 heavy (non-hydrogen) atoms. The summed E-state index contributed by atoms with van der Waals surface area (Å²) in [6.45, 7) is 5.07. The number of halogens is 1. The summed E-state index contributed by atoms with van der Waals surface area (Å²) in [5.74, 6) is 1.73. The first kappa shape index (κ1) is 18.1. The Morgan fingerprint density at radius 1 is 1.25 bits per heavy atom. The maximum absolute atomic E-state index is 12.3. The molecule has 0 bridgehead atoms. The van der Waals surface area contributed by atoms with Crippen LogP contribution in [0.5, 0.6) is 5.75 Å². The average molecular weight is 351 g/mol. The van der Waals surface area contributed by atoms with Gasteiger partial charge in [0.1, 0.15) is 5.75 Å². The van der Waals surface area contributed by atoms with Gasteiger partial charge in [-0.3, -0.25) is 4.79 Å².